The number of Topliss-reactive ketones (excluding diaryl/α,β-unsaturated/α-hetero) is 1. The molecular weight excluding hydrogens is 376 g/mol. The maximum absolute atomic E-state index is 12.9. The number of ether oxygens (including phenoxy) is 1. The first kappa shape index (κ1) is 20.7. The van der Waals surface area contributed by atoms with Gasteiger partial charge in [-0.2, -0.15) is 0 Å². The van der Waals surface area contributed by atoms with Gasteiger partial charge in [-0.15, -0.1) is 0 Å². The van der Waals surface area contributed by atoms with Crippen molar-refractivity contribution in [1.82, 2.24) is 4.98 Å². The third-order valence-corrected chi connectivity index (χ3v) is 6.75. The molecule has 5 nitrogen and oxygen atoms in total. The lowest BCUT2D eigenvalue weighted by Crippen LogP contribution is -2.18. The molecule has 0 radical (unpaired) electrons. The van der Waals surface area contributed by atoms with Crippen molar-refractivity contribution in [2.24, 2.45) is 5.92 Å². The molecule has 160 valence electrons. The van der Waals surface area contributed by atoms with E-state index in [-0.39, 0.29) is 17.7 Å². The van der Waals surface area contributed by atoms with Crippen LogP contribution in [0, 0.1) is 12.8 Å². The second kappa shape index (κ2) is 8.66. The zero-order chi connectivity index (χ0) is 21.3. The molecule has 2 aliphatic carbocycles. The Bertz CT molecular complexity index is 921. The molecule has 0 amide bonds. The van der Waals surface area contributed by atoms with Gasteiger partial charge in [0, 0.05) is 37.5 Å². The normalized spacial score (nSPS) is 19.4. The van der Waals surface area contributed by atoms with E-state index in [4.69, 9.17) is 4.74 Å². The molecule has 1 unspecified atom stereocenters. The van der Waals surface area contributed by atoms with Gasteiger partial charge in [-0.3, -0.25) is 4.79 Å². The van der Waals surface area contributed by atoms with E-state index in [9.17, 15) is 9.59 Å². The van der Waals surface area contributed by atoms with Crippen molar-refractivity contribution >= 4 is 17.4 Å². The molecule has 1 fully saturated rings. The van der Waals surface area contributed by atoms with Crippen LogP contribution in [0.2, 0.25) is 0 Å². The smallest absolute Gasteiger partial charge is 0.355 e. The van der Waals surface area contributed by atoms with Crippen LogP contribution in [0.5, 0.6) is 0 Å². The quantitative estimate of drug-likeness (QED) is 0.704. The highest BCUT2D eigenvalue weighted by atomic mass is 16.5. The number of carbonyl (C=O) groups excluding carboxylic acids is 2. The van der Waals surface area contributed by atoms with Crippen molar-refractivity contribution in [2.75, 3.05) is 25.6 Å². The highest BCUT2D eigenvalue weighted by Gasteiger charge is 2.32. The van der Waals surface area contributed by atoms with Crippen LogP contribution < -0.4 is 4.90 Å². The summed E-state index contributed by atoms with van der Waals surface area (Å²) in [5.74, 6) is 0.388. The van der Waals surface area contributed by atoms with Crippen LogP contribution in [-0.2, 0) is 11.2 Å². The van der Waals surface area contributed by atoms with Gasteiger partial charge in [0.25, 0.3) is 0 Å². The lowest BCUT2D eigenvalue weighted by atomic mass is 9.81. The second-order valence-electron chi connectivity index (χ2n) is 9.10. The van der Waals surface area contributed by atoms with E-state index in [0.29, 0.717) is 30.2 Å². The second-order valence-corrected chi connectivity index (χ2v) is 9.10. The first-order valence-corrected chi connectivity index (χ1v) is 11.1. The molecule has 0 spiro atoms. The molecule has 1 aromatic carbocycles. The van der Waals surface area contributed by atoms with E-state index in [0.717, 1.165) is 41.8 Å². The molecule has 5 heteroatoms. The van der Waals surface area contributed by atoms with E-state index in [1.54, 1.807) is 0 Å². The lowest BCUT2D eigenvalue weighted by Gasteiger charge is -2.23. The Balaban J connectivity index is 1.48. The van der Waals surface area contributed by atoms with Crippen molar-refractivity contribution in [3.05, 3.63) is 52.3 Å². The van der Waals surface area contributed by atoms with E-state index in [1.165, 1.54) is 19.3 Å². The number of benzene rings is 1. The Morgan fingerprint density at radius 3 is 2.47 bits per heavy atom. The van der Waals surface area contributed by atoms with Crippen LogP contribution in [0.15, 0.2) is 24.3 Å². The molecule has 0 bridgehead atoms. The van der Waals surface area contributed by atoms with E-state index < -0.39 is 0 Å². The fourth-order valence-corrected chi connectivity index (χ4v) is 4.94. The number of nitrogens with one attached hydrogen (secondary N) is 1. The molecule has 1 atom stereocenters. The molecule has 2 aliphatic rings. The molecule has 2 aromatic rings. The summed E-state index contributed by atoms with van der Waals surface area (Å²) in [6, 6.07) is 8.38. The lowest BCUT2D eigenvalue weighted by molar-refractivity contribution is 0.0403. The molecule has 30 heavy (non-hydrogen) atoms. The largest absolute Gasteiger partial charge is 0.461 e. The Morgan fingerprint density at radius 1 is 1.10 bits per heavy atom. The van der Waals surface area contributed by atoms with Crippen LogP contribution in [0.4, 0.5) is 5.69 Å². The van der Waals surface area contributed by atoms with Crippen LogP contribution in [0.3, 0.4) is 0 Å². The average molecular weight is 409 g/mol. The number of aromatic nitrogens is 1. The standard InChI is InChI=1S/C25H32N2O3/c1-16-23-21(26-24(16)25(29)30-15-17-7-5-4-6-8-17)13-19(14-22(23)28)18-9-11-20(12-10-18)27(2)3/h9-12,17,19,26H,4-8,13-15H2,1-3H3. The summed E-state index contributed by atoms with van der Waals surface area (Å²) in [7, 11) is 4.03. The number of anilines is 1. The van der Waals surface area contributed by atoms with Crippen LogP contribution >= 0.6 is 0 Å². The minimum atomic E-state index is -0.327. The number of fused-ring (bicyclic) bond motifs is 1. The number of ketones is 1. The molecule has 0 saturated heterocycles. The van der Waals surface area contributed by atoms with Gasteiger partial charge in [0.2, 0.25) is 0 Å². The summed E-state index contributed by atoms with van der Waals surface area (Å²) in [5.41, 5.74) is 5.06. The van der Waals surface area contributed by atoms with E-state index in [1.807, 2.05) is 21.0 Å². The van der Waals surface area contributed by atoms with Gasteiger partial charge in [-0.25, -0.2) is 4.79 Å². The summed E-state index contributed by atoms with van der Waals surface area (Å²) in [6.45, 7) is 2.34. The number of hydrogen-bond acceptors (Lipinski definition) is 4. The Hall–Kier alpha value is -2.56. The summed E-state index contributed by atoms with van der Waals surface area (Å²) in [5, 5.41) is 0. The molecule has 0 aliphatic heterocycles. The number of nitrogens with zero attached hydrogens (tertiary/aromatic N) is 1. The summed E-state index contributed by atoms with van der Waals surface area (Å²) in [4.78, 5) is 31.0. The van der Waals surface area contributed by atoms with E-state index >= 15 is 0 Å². The first-order valence-electron chi connectivity index (χ1n) is 11.1. The number of carbonyl (C=O) groups is 2. The molecule has 4 rings (SSSR count). The van der Waals surface area contributed by atoms with Crippen LogP contribution in [-0.4, -0.2) is 37.4 Å². The Morgan fingerprint density at radius 2 is 1.80 bits per heavy atom. The molecule has 1 saturated carbocycles. The predicted octanol–water partition coefficient (Wildman–Crippen LogP) is 5.04. The van der Waals surface area contributed by atoms with Gasteiger partial charge in [0.15, 0.2) is 5.78 Å². The first-order chi connectivity index (χ1) is 14.4. The minimum Gasteiger partial charge on any atom is -0.461 e. The highest BCUT2D eigenvalue weighted by Crippen LogP contribution is 2.36. The number of hydrogen-bond donors (Lipinski definition) is 1. The molecular formula is C25H32N2O3. The SMILES string of the molecule is Cc1c(C(=O)OCC2CCCCC2)[nH]c2c1C(=O)CC(c1ccc(N(C)C)cc1)C2. The van der Waals surface area contributed by atoms with Gasteiger partial charge in [0.05, 0.1) is 6.61 Å². The summed E-state index contributed by atoms with van der Waals surface area (Å²) < 4.78 is 5.62. The average Bonchev–Trinajstić information content (AvgIpc) is 3.09. The van der Waals surface area contributed by atoms with Crippen molar-refractivity contribution < 1.29 is 14.3 Å². The Kier molecular flexibility index (Phi) is 5.98. The van der Waals surface area contributed by atoms with Crippen molar-refractivity contribution in [1.29, 1.82) is 0 Å². The minimum absolute atomic E-state index is 0.109. The summed E-state index contributed by atoms with van der Waals surface area (Å²) >= 11 is 0. The molecule has 1 N–H and O–H groups in total. The summed E-state index contributed by atoms with van der Waals surface area (Å²) in [6.07, 6.45) is 7.23. The molecule has 1 heterocycles. The number of H-pyrrole nitrogens is 1. The van der Waals surface area contributed by atoms with Gasteiger partial charge in [0.1, 0.15) is 5.69 Å². The van der Waals surface area contributed by atoms with Gasteiger partial charge in [-0.1, -0.05) is 31.4 Å². The van der Waals surface area contributed by atoms with Crippen LogP contribution in [0.25, 0.3) is 0 Å². The van der Waals surface area contributed by atoms with Crippen molar-refractivity contribution in [2.45, 2.75) is 57.8 Å². The fraction of sp³-hybridized carbons (Fsp3) is 0.520. The third-order valence-electron chi connectivity index (χ3n) is 6.75. The number of esters is 1. The maximum Gasteiger partial charge on any atom is 0.355 e. The van der Waals surface area contributed by atoms with E-state index in [2.05, 4.69) is 34.1 Å². The number of aromatic amines is 1. The highest BCUT2D eigenvalue weighted by molar-refractivity contribution is 6.03. The monoisotopic (exact) mass is 408 g/mol. The third kappa shape index (κ3) is 4.16. The van der Waals surface area contributed by atoms with Crippen molar-refractivity contribution in [3.63, 3.8) is 0 Å². The number of rotatable bonds is 5. The Labute approximate surface area is 178 Å². The van der Waals surface area contributed by atoms with Gasteiger partial charge in [-0.05, 0) is 61.3 Å². The van der Waals surface area contributed by atoms with Crippen LogP contribution in [0.1, 0.15) is 82.1 Å². The van der Waals surface area contributed by atoms with Gasteiger partial charge < -0.3 is 14.6 Å². The predicted molar refractivity (Wildman–Crippen MR) is 119 cm³/mol. The van der Waals surface area contributed by atoms with Crippen molar-refractivity contribution in [3.8, 4) is 0 Å². The zero-order valence-electron chi connectivity index (χ0n) is 18.3. The maximum atomic E-state index is 12.9. The van der Waals surface area contributed by atoms with Gasteiger partial charge >= 0.3 is 5.97 Å². The zero-order valence-corrected chi connectivity index (χ0v) is 18.3. The molecule has 1 aromatic heterocycles. The topological polar surface area (TPSA) is 62.4 Å². The fourth-order valence-electron chi connectivity index (χ4n) is 4.94.